The minimum atomic E-state index is -1.04. The molecule has 3 N–H and O–H groups in total. The van der Waals surface area contributed by atoms with Gasteiger partial charge >= 0.3 is 5.97 Å². The Kier molecular flexibility index (Phi) is 5.83. The number of benzene rings is 1. The molecular formula is C14H20N2O4. The van der Waals surface area contributed by atoms with Crippen LogP contribution >= 0.6 is 0 Å². The van der Waals surface area contributed by atoms with Crippen molar-refractivity contribution >= 4 is 17.6 Å². The van der Waals surface area contributed by atoms with Crippen molar-refractivity contribution < 1.29 is 19.8 Å². The Morgan fingerprint density at radius 3 is 2.45 bits per heavy atom. The van der Waals surface area contributed by atoms with Gasteiger partial charge in [-0.2, -0.15) is 0 Å². The molecule has 0 radical (unpaired) electrons. The SMILES string of the molecule is CC(NC(=O)CCCN(C)c1ccc(O)cc1)C(=O)O. The molecule has 0 fully saturated rings. The Morgan fingerprint density at radius 2 is 1.90 bits per heavy atom. The predicted molar refractivity (Wildman–Crippen MR) is 75.9 cm³/mol. The van der Waals surface area contributed by atoms with Gasteiger partial charge in [-0.25, -0.2) is 0 Å². The first-order valence-corrected chi connectivity index (χ1v) is 6.42. The first kappa shape index (κ1) is 15.8. The van der Waals surface area contributed by atoms with Crippen LogP contribution in [0.3, 0.4) is 0 Å². The van der Waals surface area contributed by atoms with Gasteiger partial charge in [-0.15, -0.1) is 0 Å². The molecule has 1 rings (SSSR count). The van der Waals surface area contributed by atoms with Crippen LogP contribution in [0.5, 0.6) is 5.75 Å². The van der Waals surface area contributed by atoms with E-state index in [1.807, 2.05) is 11.9 Å². The van der Waals surface area contributed by atoms with E-state index in [1.54, 1.807) is 24.3 Å². The van der Waals surface area contributed by atoms with Gasteiger partial charge in [0.2, 0.25) is 5.91 Å². The molecule has 0 bridgehead atoms. The fraction of sp³-hybridized carbons (Fsp3) is 0.429. The number of aromatic hydroxyl groups is 1. The Bertz CT molecular complexity index is 459. The van der Waals surface area contributed by atoms with Gasteiger partial charge in [0.25, 0.3) is 0 Å². The quantitative estimate of drug-likeness (QED) is 0.698. The number of nitrogens with zero attached hydrogens (tertiary/aromatic N) is 1. The van der Waals surface area contributed by atoms with Crippen LogP contribution in [-0.4, -0.2) is 41.7 Å². The molecule has 0 spiro atoms. The maximum Gasteiger partial charge on any atom is 0.325 e. The molecule has 1 atom stereocenters. The lowest BCUT2D eigenvalue weighted by molar-refractivity contribution is -0.141. The number of anilines is 1. The minimum absolute atomic E-state index is 0.212. The van der Waals surface area contributed by atoms with Crippen molar-refractivity contribution in [1.29, 1.82) is 0 Å². The third-order valence-corrected chi connectivity index (χ3v) is 2.94. The average molecular weight is 280 g/mol. The van der Waals surface area contributed by atoms with E-state index in [9.17, 15) is 14.7 Å². The fourth-order valence-corrected chi connectivity index (χ4v) is 1.69. The summed E-state index contributed by atoms with van der Waals surface area (Å²) in [4.78, 5) is 24.0. The van der Waals surface area contributed by atoms with Crippen LogP contribution < -0.4 is 10.2 Å². The molecular weight excluding hydrogens is 260 g/mol. The number of hydrogen-bond acceptors (Lipinski definition) is 4. The van der Waals surface area contributed by atoms with Crippen LogP contribution in [0.2, 0.25) is 0 Å². The van der Waals surface area contributed by atoms with Crippen molar-refractivity contribution in [2.24, 2.45) is 0 Å². The molecule has 1 aromatic rings. The third-order valence-electron chi connectivity index (χ3n) is 2.94. The highest BCUT2D eigenvalue weighted by atomic mass is 16.4. The van der Waals surface area contributed by atoms with Gasteiger partial charge in [-0.1, -0.05) is 0 Å². The summed E-state index contributed by atoms with van der Waals surface area (Å²) < 4.78 is 0. The average Bonchev–Trinajstić information content (AvgIpc) is 2.39. The smallest absolute Gasteiger partial charge is 0.325 e. The lowest BCUT2D eigenvalue weighted by Crippen LogP contribution is -2.38. The number of carboxylic acid groups (broad SMARTS) is 1. The minimum Gasteiger partial charge on any atom is -0.508 e. The van der Waals surface area contributed by atoms with Gasteiger partial charge in [0.1, 0.15) is 11.8 Å². The Labute approximate surface area is 118 Å². The molecule has 1 aromatic carbocycles. The summed E-state index contributed by atoms with van der Waals surface area (Å²) in [5, 5.41) is 20.3. The second-order valence-corrected chi connectivity index (χ2v) is 4.67. The number of carbonyl (C=O) groups excluding carboxylic acids is 1. The Hall–Kier alpha value is -2.24. The molecule has 20 heavy (non-hydrogen) atoms. The van der Waals surface area contributed by atoms with Crippen LogP contribution in [0.1, 0.15) is 19.8 Å². The summed E-state index contributed by atoms with van der Waals surface area (Å²) in [6, 6.07) is 5.93. The van der Waals surface area contributed by atoms with Crippen molar-refractivity contribution in [3.05, 3.63) is 24.3 Å². The Morgan fingerprint density at radius 1 is 1.30 bits per heavy atom. The van der Waals surface area contributed by atoms with E-state index in [0.717, 1.165) is 5.69 Å². The van der Waals surface area contributed by atoms with Gasteiger partial charge < -0.3 is 20.4 Å². The summed E-state index contributed by atoms with van der Waals surface area (Å²) in [5.41, 5.74) is 0.946. The van der Waals surface area contributed by atoms with Crippen molar-refractivity contribution in [3.63, 3.8) is 0 Å². The van der Waals surface area contributed by atoms with Gasteiger partial charge in [0.15, 0.2) is 0 Å². The Balaban J connectivity index is 2.31. The van der Waals surface area contributed by atoms with E-state index in [4.69, 9.17) is 5.11 Å². The molecule has 1 unspecified atom stereocenters. The van der Waals surface area contributed by atoms with Crippen LogP contribution in [0, 0.1) is 0 Å². The molecule has 0 saturated heterocycles. The van der Waals surface area contributed by atoms with Gasteiger partial charge in [0.05, 0.1) is 0 Å². The highest BCUT2D eigenvalue weighted by Gasteiger charge is 2.13. The van der Waals surface area contributed by atoms with E-state index >= 15 is 0 Å². The topological polar surface area (TPSA) is 89.9 Å². The van der Waals surface area contributed by atoms with Crippen molar-refractivity contribution in [2.75, 3.05) is 18.5 Å². The number of phenolic OH excluding ortho intramolecular Hbond substituents is 1. The first-order valence-electron chi connectivity index (χ1n) is 6.42. The van der Waals surface area contributed by atoms with E-state index in [2.05, 4.69) is 5.32 Å². The fourth-order valence-electron chi connectivity index (χ4n) is 1.69. The number of hydrogen-bond donors (Lipinski definition) is 3. The molecule has 0 heterocycles. The zero-order valence-electron chi connectivity index (χ0n) is 11.7. The number of phenols is 1. The van der Waals surface area contributed by atoms with Gasteiger partial charge in [-0.3, -0.25) is 9.59 Å². The van der Waals surface area contributed by atoms with Crippen molar-refractivity contribution in [2.45, 2.75) is 25.8 Å². The van der Waals surface area contributed by atoms with Gasteiger partial charge in [0, 0.05) is 25.7 Å². The van der Waals surface area contributed by atoms with Gasteiger partial charge in [-0.05, 0) is 37.6 Å². The predicted octanol–water partition coefficient (Wildman–Crippen LogP) is 1.20. The number of rotatable bonds is 7. The lowest BCUT2D eigenvalue weighted by Gasteiger charge is -2.19. The number of nitrogens with one attached hydrogen (secondary N) is 1. The maximum atomic E-state index is 11.5. The summed E-state index contributed by atoms with van der Waals surface area (Å²) in [6.45, 7) is 2.10. The van der Waals surface area contributed by atoms with Crippen molar-refractivity contribution in [3.8, 4) is 5.75 Å². The molecule has 0 saturated carbocycles. The zero-order valence-corrected chi connectivity index (χ0v) is 11.7. The normalized spacial score (nSPS) is 11.7. The van der Waals surface area contributed by atoms with Crippen LogP contribution in [0.25, 0.3) is 0 Å². The molecule has 0 aliphatic carbocycles. The summed E-state index contributed by atoms with van der Waals surface area (Å²) in [7, 11) is 1.89. The second-order valence-electron chi connectivity index (χ2n) is 4.67. The highest BCUT2D eigenvalue weighted by Crippen LogP contribution is 2.17. The summed E-state index contributed by atoms with van der Waals surface area (Å²) >= 11 is 0. The monoisotopic (exact) mass is 280 g/mol. The number of amides is 1. The summed E-state index contributed by atoms with van der Waals surface area (Å²) in [5.74, 6) is -1.09. The van der Waals surface area contributed by atoms with E-state index in [0.29, 0.717) is 13.0 Å². The first-order chi connectivity index (χ1) is 9.40. The molecule has 0 aromatic heterocycles. The number of carbonyl (C=O) groups is 2. The highest BCUT2D eigenvalue weighted by molar-refractivity contribution is 5.83. The standard InChI is InChI=1S/C14H20N2O4/c1-10(14(19)20)15-13(18)4-3-9-16(2)11-5-7-12(17)8-6-11/h5-8,10,17H,3-4,9H2,1-2H3,(H,15,18)(H,19,20). The number of aliphatic carboxylic acids is 1. The summed E-state index contributed by atoms with van der Waals surface area (Å²) in [6.07, 6.45) is 0.898. The van der Waals surface area contributed by atoms with E-state index in [1.165, 1.54) is 6.92 Å². The maximum absolute atomic E-state index is 11.5. The number of carboxylic acids is 1. The van der Waals surface area contributed by atoms with E-state index in [-0.39, 0.29) is 18.1 Å². The largest absolute Gasteiger partial charge is 0.508 e. The van der Waals surface area contributed by atoms with Crippen LogP contribution in [0.4, 0.5) is 5.69 Å². The van der Waals surface area contributed by atoms with Crippen LogP contribution in [0.15, 0.2) is 24.3 Å². The molecule has 110 valence electrons. The molecule has 0 aliphatic rings. The molecule has 1 amide bonds. The third kappa shape index (κ3) is 5.17. The molecule has 6 nitrogen and oxygen atoms in total. The van der Waals surface area contributed by atoms with E-state index < -0.39 is 12.0 Å². The van der Waals surface area contributed by atoms with Crippen molar-refractivity contribution in [1.82, 2.24) is 5.32 Å². The molecule has 6 heteroatoms. The van der Waals surface area contributed by atoms with Crippen LogP contribution in [-0.2, 0) is 9.59 Å². The lowest BCUT2D eigenvalue weighted by atomic mass is 10.2. The second kappa shape index (κ2) is 7.37. The molecule has 0 aliphatic heterocycles. The zero-order chi connectivity index (χ0) is 15.1.